The highest BCUT2D eigenvalue weighted by molar-refractivity contribution is 7.19. The number of carbonyl (C=O) groups is 12. The van der Waals surface area contributed by atoms with E-state index in [0.29, 0.717) is 195 Å². The quantitative estimate of drug-likeness (QED) is 0.0335. The molecule has 36 nitrogen and oxygen atoms in total. The molecule has 4 saturated heterocycles. The molecule has 0 aliphatic carbocycles. The predicted molar refractivity (Wildman–Crippen MR) is 473 cm³/mol. The highest BCUT2D eigenvalue weighted by atomic mass is 32.1. The van der Waals surface area contributed by atoms with Crippen LogP contribution in [0.3, 0.4) is 0 Å². The molecule has 12 aliphatic rings. The summed E-state index contributed by atoms with van der Waals surface area (Å²) in [6.45, 7) is 25.6. The van der Waals surface area contributed by atoms with Crippen molar-refractivity contribution in [1.29, 1.82) is 0 Å². The Morgan fingerprint density at radius 1 is 0.430 bits per heavy atom. The summed E-state index contributed by atoms with van der Waals surface area (Å²) in [4.78, 5) is 179. The summed E-state index contributed by atoms with van der Waals surface area (Å²) < 4.78 is 43.5. The number of ether oxygens (including phenoxy) is 8. The van der Waals surface area contributed by atoms with Crippen LogP contribution in [0.1, 0.15) is 190 Å². The number of amides is 8. The number of nitrogens with zero attached hydrogens (tertiary/aromatic N) is 10. The normalized spacial score (nSPS) is 22.4. The molecule has 6 N–H and O–H groups in total. The van der Waals surface area contributed by atoms with Crippen molar-refractivity contribution < 1.29 is 95.4 Å². The van der Waals surface area contributed by atoms with Crippen molar-refractivity contribution in [3.63, 3.8) is 0 Å². The zero-order valence-electron chi connectivity index (χ0n) is 72.0. The van der Waals surface area contributed by atoms with Gasteiger partial charge in [0, 0.05) is 121 Å². The number of anilines is 10. The first kappa shape index (κ1) is 87.5. The summed E-state index contributed by atoms with van der Waals surface area (Å²) in [7, 11) is 0. The minimum absolute atomic E-state index is 0.0293. The Labute approximate surface area is 751 Å². The molecule has 128 heavy (non-hydrogen) atoms. The Hall–Kier alpha value is -12.6. The Morgan fingerprint density at radius 2 is 0.719 bits per heavy atom. The molecule has 0 radical (unpaired) electrons. The summed E-state index contributed by atoms with van der Waals surface area (Å²) in [5.41, 5.74) is 7.10. The van der Waals surface area contributed by atoms with Gasteiger partial charge < -0.3 is 99.2 Å². The van der Waals surface area contributed by atoms with Gasteiger partial charge in [0.25, 0.3) is 60.2 Å². The first-order valence-corrected chi connectivity index (χ1v) is 45.6. The monoisotopic (exact) mass is 1820 g/mol. The van der Waals surface area contributed by atoms with E-state index in [1.165, 1.54) is 45.3 Å². The number of fused-ring (bicyclic) bond motifs is 8. The minimum Gasteiger partial charge on any atom is -0.490 e. The SMILES string of the molecule is CC1(C)Cc2nc(N3CCOc4ccc(NC(=O)C5CCC(=O)O5)cc43)sc2C(=O)N1.CC1(C)Cc2nc(N3CCOc4ccc(NC(=O)C5CCC(=O)O5)cc43)sc2C(=O)N1.C[C@@H]1C[C@H](OC=O)CN1C(=O)c1ccc2c(c1)N(c1nc3c(s1)C(=O)NC(C)(C)C3)CCO2.C[C@H]1C[C@@H](OC=O)CN1C(=O)c1ccc2c(c1)N(c1nc3c(s1)C(=O)NC(C)(C)C3)CCO2. The molecule has 0 spiro atoms. The van der Waals surface area contributed by atoms with Crippen LogP contribution >= 0.6 is 45.3 Å². The fourth-order valence-electron chi connectivity index (χ4n) is 17.5. The number of carbonyl (C=O) groups excluding carboxylic acids is 12. The van der Waals surface area contributed by atoms with E-state index in [2.05, 4.69) is 31.9 Å². The molecule has 8 aromatic rings. The molecule has 40 heteroatoms. The Bertz CT molecular complexity index is 5490. The van der Waals surface area contributed by atoms with Crippen LogP contribution in [0.5, 0.6) is 23.0 Å². The Morgan fingerprint density at radius 3 is 1.00 bits per heavy atom. The Kier molecular flexibility index (Phi) is 23.9. The second-order valence-corrected chi connectivity index (χ2v) is 39.6. The Balaban J connectivity index is 0.000000120. The minimum atomic E-state index is -0.761. The maximum absolute atomic E-state index is 13.3. The molecule has 16 heterocycles. The van der Waals surface area contributed by atoms with Crippen LogP contribution in [0.25, 0.3) is 0 Å². The molecule has 8 amide bonds. The number of rotatable bonds is 14. The molecule has 4 fully saturated rings. The third-order valence-corrected chi connectivity index (χ3v) is 28.0. The van der Waals surface area contributed by atoms with Gasteiger partial charge in [0.2, 0.25) is 0 Å². The maximum atomic E-state index is 13.3. The number of benzene rings is 4. The molecule has 0 bridgehead atoms. The van der Waals surface area contributed by atoms with Gasteiger partial charge in [-0.25, -0.2) is 19.9 Å². The molecular weight excluding hydrogens is 1730 g/mol. The summed E-state index contributed by atoms with van der Waals surface area (Å²) in [6.07, 6.45) is 3.08. The molecule has 0 saturated carbocycles. The van der Waals surface area contributed by atoms with E-state index >= 15 is 0 Å². The van der Waals surface area contributed by atoms with Gasteiger partial charge in [0.05, 0.1) is 84.8 Å². The first-order chi connectivity index (χ1) is 61.1. The highest BCUT2D eigenvalue weighted by Gasteiger charge is 2.44. The van der Waals surface area contributed by atoms with E-state index in [9.17, 15) is 57.5 Å². The second kappa shape index (κ2) is 34.9. The zero-order valence-corrected chi connectivity index (χ0v) is 75.2. The van der Waals surface area contributed by atoms with Gasteiger partial charge in [-0.15, -0.1) is 0 Å². The lowest BCUT2D eigenvalue weighted by Gasteiger charge is -2.30. The third kappa shape index (κ3) is 18.4. The third-order valence-electron chi connectivity index (χ3n) is 23.5. The van der Waals surface area contributed by atoms with Crippen LogP contribution in [-0.2, 0) is 73.4 Å². The molecule has 4 aromatic heterocycles. The van der Waals surface area contributed by atoms with Crippen molar-refractivity contribution in [3.05, 3.63) is 126 Å². The smallest absolute Gasteiger partial charge is 0.306 e. The van der Waals surface area contributed by atoms with Gasteiger partial charge in [-0.1, -0.05) is 45.3 Å². The zero-order chi connectivity index (χ0) is 90.2. The summed E-state index contributed by atoms with van der Waals surface area (Å²) in [5.74, 6) is 0.649. The molecule has 2 unspecified atom stereocenters. The van der Waals surface area contributed by atoms with Crippen molar-refractivity contribution in [2.45, 2.75) is 192 Å². The van der Waals surface area contributed by atoms with Crippen molar-refractivity contribution in [2.24, 2.45) is 0 Å². The van der Waals surface area contributed by atoms with E-state index in [-0.39, 0.29) is 118 Å². The fraction of sp³-hybridized carbons (Fsp3) is 0.455. The van der Waals surface area contributed by atoms with Crippen LogP contribution in [0.15, 0.2) is 72.8 Å². The van der Waals surface area contributed by atoms with Crippen LogP contribution in [0.2, 0.25) is 0 Å². The topological polar surface area (TPSA) is 422 Å². The van der Waals surface area contributed by atoms with Crippen LogP contribution in [0, 0.1) is 0 Å². The summed E-state index contributed by atoms with van der Waals surface area (Å²) in [5, 5.41) is 20.6. The van der Waals surface area contributed by atoms with Gasteiger partial charge in [-0.05, 0) is 142 Å². The van der Waals surface area contributed by atoms with Crippen molar-refractivity contribution in [2.75, 3.05) is 95.9 Å². The number of esters is 2. The molecule has 12 aliphatic heterocycles. The van der Waals surface area contributed by atoms with Gasteiger partial charge in [-0.2, -0.15) is 0 Å². The van der Waals surface area contributed by atoms with Gasteiger partial charge in [-0.3, -0.25) is 57.5 Å². The standard InChI is InChI=1S/2C23H26N4O5S.2C21H22N4O5S/c2*1-13-8-15(32-12-28)11-27(13)21(30)14-4-5-18-17(9-14)26(6-7-31-18)22-24-16-10-23(2,3)25-20(29)19(16)33-22;2*1-21(2)10-12-17(19(28)24-21)31-20(23-12)25-7-8-29-14-4-3-11(9-13(14)25)22-18(27)15-5-6-16(26)30-15/h2*4-5,9,12-13,15H,6-8,10-11H2,1-3H3,(H,25,29);2*3-4,9,15H,5-8,10H2,1-2H3,(H,22,27)(H,24,28)/t2*13-,15+;;/m10../s1. The number of hydrogen-bond acceptors (Lipinski definition) is 32. The van der Waals surface area contributed by atoms with Crippen molar-refractivity contribution in [1.82, 2.24) is 51.0 Å². The lowest BCUT2D eigenvalue weighted by molar-refractivity contribution is -0.146. The predicted octanol–water partition coefficient (Wildman–Crippen LogP) is 9.79. The molecule has 6 atom stereocenters. The van der Waals surface area contributed by atoms with Gasteiger partial charge in [0.1, 0.15) is 81.1 Å². The van der Waals surface area contributed by atoms with Crippen LogP contribution in [0.4, 0.5) is 54.7 Å². The maximum Gasteiger partial charge on any atom is 0.306 e. The molecular formula is C88H96N16O20S4. The number of aromatic nitrogens is 4. The van der Waals surface area contributed by atoms with Crippen molar-refractivity contribution >= 4 is 172 Å². The van der Waals surface area contributed by atoms with Gasteiger partial charge in [0.15, 0.2) is 32.7 Å². The number of nitrogens with one attached hydrogen (secondary N) is 6. The average Bonchev–Trinajstić information content (AvgIpc) is 1.57. The van der Waals surface area contributed by atoms with E-state index in [4.69, 9.17) is 57.8 Å². The second-order valence-electron chi connectivity index (χ2n) is 35.7. The van der Waals surface area contributed by atoms with E-state index in [1.54, 1.807) is 58.3 Å². The number of thiazole rings is 4. The lowest BCUT2D eigenvalue weighted by atomic mass is 9.94. The first-order valence-electron chi connectivity index (χ1n) is 42.4. The van der Waals surface area contributed by atoms with E-state index in [1.807, 2.05) is 113 Å². The number of cyclic esters (lactones) is 2. The fourth-order valence-corrected chi connectivity index (χ4v) is 21.6. The lowest BCUT2D eigenvalue weighted by Crippen LogP contribution is -2.48. The van der Waals surface area contributed by atoms with Crippen LogP contribution in [-0.4, -0.2) is 226 Å². The summed E-state index contributed by atoms with van der Waals surface area (Å²) >= 11 is 5.44. The van der Waals surface area contributed by atoms with E-state index < -0.39 is 12.2 Å². The van der Waals surface area contributed by atoms with Crippen LogP contribution < -0.4 is 70.4 Å². The van der Waals surface area contributed by atoms with Crippen molar-refractivity contribution in [3.8, 4) is 23.0 Å². The summed E-state index contributed by atoms with van der Waals surface area (Å²) in [6, 6.07) is 21.4. The van der Waals surface area contributed by atoms with E-state index in [0.717, 1.165) is 66.1 Å². The number of hydrogen-bond donors (Lipinski definition) is 6. The number of likely N-dealkylation sites (tertiary alicyclic amines) is 2. The average molecular weight is 1830 g/mol. The molecule has 20 rings (SSSR count). The highest BCUT2D eigenvalue weighted by Crippen LogP contribution is 2.48. The molecule has 4 aromatic carbocycles. The van der Waals surface area contributed by atoms with Gasteiger partial charge >= 0.3 is 11.9 Å². The largest absolute Gasteiger partial charge is 0.490 e. The molecule has 672 valence electrons.